The molecular formula is C37H34N2. The number of aromatic amines is 1. The number of fused-ring (bicyclic) bond motifs is 3. The molecule has 2 nitrogen and oxygen atoms in total. The van der Waals surface area contributed by atoms with Gasteiger partial charge in [-0.1, -0.05) is 91.6 Å². The van der Waals surface area contributed by atoms with E-state index < -0.39 is 0 Å². The lowest BCUT2D eigenvalue weighted by atomic mass is 9.93. The number of aryl methyl sites for hydroxylation is 1. The van der Waals surface area contributed by atoms with Gasteiger partial charge in [0.05, 0.1) is 0 Å². The predicted octanol–water partition coefficient (Wildman–Crippen LogP) is 10.0. The number of aromatic nitrogens is 1. The molecule has 6 rings (SSSR count). The van der Waals surface area contributed by atoms with E-state index in [4.69, 9.17) is 0 Å². The average molecular weight is 507 g/mol. The van der Waals surface area contributed by atoms with Gasteiger partial charge >= 0.3 is 0 Å². The second-order valence-electron chi connectivity index (χ2n) is 10.2. The zero-order valence-electron chi connectivity index (χ0n) is 22.5. The van der Waals surface area contributed by atoms with E-state index in [1.165, 1.54) is 50.1 Å². The first-order chi connectivity index (χ1) is 19.2. The molecule has 0 unspecified atom stereocenters. The summed E-state index contributed by atoms with van der Waals surface area (Å²) >= 11 is 0. The highest BCUT2D eigenvalue weighted by atomic mass is 14.9. The molecule has 3 aromatic carbocycles. The van der Waals surface area contributed by atoms with E-state index in [-0.39, 0.29) is 0 Å². The van der Waals surface area contributed by atoms with Crippen LogP contribution >= 0.6 is 0 Å². The highest BCUT2D eigenvalue weighted by Gasteiger charge is 2.15. The van der Waals surface area contributed by atoms with Crippen molar-refractivity contribution in [2.24, 2.45) is 0 Å². The van der Waals surface area contributed by atoms with Gasteiger partial charge < -0.3 is 10.3 Å². The van der Waals surface area contributed by atoms with Gasteiger partial charge in [-0.15, -0.1) is 0 Å². The molecule has 1 aromatic heterocycles. The highest BCUT2D eigenvalue weighted by Crippen LogP contribution is 2.33. The van der Waals surface area contributed by atoms with Crippen molar-refractivity contribution in [2.45, 2.75) is 32.6 Å². The summed E-state index contributed by atoms with van der Waals surface area (Å²) in [4.78, 5) is 3.62. The zero-order chi connectivity index (χ0) is 26.6. The topological polar surface area (TPSA) is 27.8 Å². The van der Waals surface area contributed by atoms with E-state index in [0.717, 1.165) is 42.5 Å². The highest BCUT2D eigenvalue weighted by molar-refractivity contribution is 5.94. The number of nitrogens with one attached hydrogen (secondary N) is 2. The maximum Gasteiger partial charge on any atom is 0.0462 e. The molecule has 0 radical (unpaired) electrons. The van der Waals surface area contributed by atoms with E-state index >= 15 is 0 Å². The molecule has 2 N–H and O–H groups in total. The third-order valence-corrected chi connectivity index (χ3v) is 7.58. The van der Waals surface area contributed by atoms with Crippen molar-refractivity contribution >= 4 is 28.2 Å². The lowest BCUT2D eigenvalue weighted by Gasteiger charge is -2.19. The van der Waals surface area contributed by atoms with E-state index in [0.29, 0.717) is 0 Å². The summed E-state index contributed by atoms with van der Waals surface area (Å²) < 4.78 is 0. The summed E-state index contributed by atoms with van der Waals surface area (Å²) in [5.41, 5.74) is 13.2. The van der Waals surface area contributed by atoms with Gasteiger partial charge in [0, 0.05) is 39.1 Å². The second-order valence-corrected chi connectivity index (χ2v) is 10.2. The molecule has 4 aromatic rings. The molecule has 0 aliphatic heterocycles. The smallest absolute Gasteiger partial charge is 0.0462 e. The SMILES string of the molecule is C=C(/C=C(\C=C/C)c1ccc2[nH]c3c(c2c1)C=CCC3)C1=C(Nc2ccc(-c3ccccc3)cc2)CCC=C1. The lowest BCUT2D eigenvalue weighted by Crippen LogP contribution is -2.06. The summed E-state index contributed by atoms with van der Waals surface area (Å²) in [6, 6.07) is 25.9. The molecule has 0 saturated heterocycles. The summed E-state index contributed by atoms with van der Waals surface area (Å²) in [5, 5.41) is 4.99. The maximum absolute atomic E-state index is 4.52. The van der Waals surface area contributed by atoms with Crippen molar-refractivity contribution in [1.82, 2.24) is 4.98 Å². The molecule has 1 heterocycles. The largest absolute Gasteiger partial charge is 0.358 e. The van der Waals surface area contributed by atoms with Crippen LogP contribution in [-0.4, -0.2) is 4.98 Å². The third-order valence-electron chi connectivity index (χ3n) is 7.58. The Hall–Kier alpha value is -4.56. The molecule has 2 aliphatic rings. The van der Waals surface area contributed by atoms with Crippen LogP contribution in [0.5, 0.6) is 0 Å². The molecule has 0 spiro atoms. The molecule has 0 saturated carbocycles. The summed E-state index contributed by atoms with van der Waals surface area (Å²) in [5.74, 6) is 0. The Balaban J connectivity index is 1.30. The molecule has 0 amide bonds. The van der Waals surface area contributed by atoms with Gasteiger partial charge in [-0.25, -0.2) is 0 Å². The number of rotatable bonds is 7. The Labute approximate surface area is 231 Å². The lowest BCUT2D eigenvalue weighted by molar-refractivity contribution is 0.950. The first-order valence-electron chi connectivity index (χ1n) is 13.9. The second kappa shape index (κ2) is 11.0. The Morgan fingerprint density at radius 2 is 1.64 bits per heavy atom. The van der Waals surface area contributed by atoms with Crippen LogP contribution < -0.4 is 5.32 Å². The van der Waals surface area contributed by atoms with Gasteiger partial charge in [-0.2, -0.15) is 0 Å². The summed E-state index contributed by atoms with van der Waals surface area (Å²) in [6.07, 6.45) is 19.7. The van der Waals surface area contributed by atoms with Crippen LogP contribution in [0.4, 0.5) is 5.69 Å². The minimum Gasteiger partial charge on any atom is -0.358 e. The Morgan fingerprint density at radius 1 is 0.872 bits per heavy atom. The quantitative estimate of drug-likeness (QED) is 0.240. The predicted molar refractivity (Wildman–Crippen MR) is 168 cm³/mol. The fourth-order valence-corrected chi connectivity index (χ4v) is 5.58. The van der Waals surface area contributed by atoms with Crippen LogP contribution in [0.3, 0.4) is 0 Å². The van der Waals surface area contributed by atoms with Crippen LogP contribution in [-0.2, 0) is 6.42 Å². The molecule has 2 aliphatic carbocycles. The molecule has 0 atom stereocenters. The van der Waals surface area contributed by atoms with Crippen molar-refractivity contribution < 1.29 is 0 Å². The van der Waals surface area contributed by atoms with Crippen molar-refractivity contribution in [2.75, 3.05) is 5.32 Å². The normalized spacial score (nSPS) is 15.3. The Bertz CT molecular complexity index is 1670. The molecule has 2 heteroatoms. The number of H-pyrrole nitrogens is 1. The third kappa shape index (κ3) is 5.24. The van der Waals surface area contributed by atoms with Gasteiger partial charge in [0.1, 0.15) is 0 Å². The summed E-state index contributed by atoms with van der Waals surface area (Å²) in [6.45, 7) is 6.59. The van der Waals surface area contributed by atoms with Crippen molar-refractivity contribution in [1.29, 1.82) is 0 Å². The van der Waals surface area contributed by atoms with Crippen LogP contribution in [0.15, 0.2) is 133 Å². The first kappa shape index (κ1) is 24.8. The molecule has 39 heavy (non-hydrogen) atoms. The van der Waals surface area contributed by atoms with Crippen molar-refractivity contribution in [3.63, 3.8) is 0 Å². The van der Waals surface area contributed by atoms with Gasteiger partial charge in [0.2, 0.25) is 0 Å². The van der Waals surface area contributed by atoms with Crippen molar-refractivity contribution in [3.05, 3.63) is 149 Å². The zero-order valence-corrected chi connectivity index (χ0v) is 22.5. The molecule has 0 bridgehead atoms. The summed E-state index contributed by atoms with van der Waals surface area (Å²) in [7, 11) is 0. The van der Waals surface area contributed by atoms with E-state index in [1.807, 2.05) is 0 Å². The number of hydrogen-bond donors (Lipinski definition) is 2. The van der Waals surface area contributed by atoms with Gasteiger partial charge in [-0.3, -0.25) is 0 Å². The van der Waals surface area contributed by atoms with Gasteiger partial charge in [-0.05, 0) is 90.8 Å². The van der Waals surface area contributed by atoms with Crippen LogP contribution in [0.1, 0.15) is 43.0 Å². The number of anilines is 1. The van der Waals surface area contributed by atoms with Gasteiger partial charge in [0.15, 0.2) is 0 Å². The van der Waals surface area contributed by atoms with E-state index in [2.05, 4.69) is 139 Å². The van der Waals surface area contributed by atoms with E-state index in [1.54, 1.807) is 0 Å². The molecule has 192 valence electrons. The number of allylic oxidation sites excluding steroid dienone is 10. The van der Waals surface area contributed by atoms with Crippen molar-refractivity contribution in [3.8, 4) is 11.1 Å². The Kier molecular flexibility index (Phi) is 7.01. The molecule has 0 fully saturated rings. The van der Waals surface area contributed by atoms with Crippen LogP contribution in [0.25, 0.3) is 33.7 Å². The fraction of sp³-hybridized carbons (Fsp3) is 0.135. The minimum atomic E-state index is 0.964. The maximum atomic E-state index is 4.52. The monoisotopic (exact) mass is 506 g/mol. The Morgan fingerprint density at radius 3 is 2.46 bits per heavy atom. The first-order valence-corrected chi connectivity index (χ1v) is 13.9. The van der Waals surface area contributed by atoms with Crippen LogP contribution in [0.2, 0.25) is 0 Å². The minimum absolute atomic E-state index is 0.964. The van der Waals surface area contributed by atoms with Crippen LogP contribution in [0, 0.1) is 0 Å². The number of benzene rings is 3. The number of hydrogen-bond acceptors (Lipinski definition) is 1. The van der Waals surface area contributed by atoms with E-state index in [9.17, 15) is 0 Å². The molecular weight excluding hydrogens is 472 g/mol. The van der Waals surface area contributed by atoms with Gasteiger partial charge in [0.25, 0.3) is 0 Å². The average Bonchev–Trinajstić information content (AvgIpc) is 3.36. The fourth-order valence-electron chi connectivity index (χ4n) is 5.58. The standard InChI is InChI=1S/C37H34N2/c1-3-11-29(30-20-23-37-34(25-30)33-15-8-10-17-36(33)39-37)24-26(2)32-14-7-9-16-35(32)38-31-21-18-28(19-22-31)27-12-5-4-6-13-27/h3-8,11-15,18-25,38-39H,2,9-10,16-17H2,1H3/b11-3-,29-24+.